The average molecular weight is 170 g/mol. The first-order valence-corrected chi connectivity index (χ1v) is 4.03. The Kier molecular flexibility index (Phi) is 3.24. The monoisotopic (exact) mass is 169 g/mol. The van der Waals surface area contributed by atoms with E-state index in [4.69, 9.17) is 16.3 Å². The van der Waals surface area contributed by atoms with E-state index in [1.54, 1.807) is 6.07 Å². The van der Waals surface area contributed by atoms with Crippen molar-refractivity contribution in [3.63, 3.8) is 0 Å². The van der Waals surface area contributed by atoms with Crippen molar-refractivity contribution >= 4 is 11.6 Å². The second kappa shape index (κ2) is 4.24. The Labute approximate surface area is 71.9 Å². The first-order valence-electron chi connectivity index (χ1n) is 3.49. The van der Waals surface area contributed by atoms with Gasteiger partial charge in [0.1, 0.15) is 12.4 Å². The van der Waals surface area contributed by atoms with Gasteiger partial charge in [-0.05, 0) is 30.7 Å². The summed E-state index contributed by atoms with van der Waals surface area (Å²) in [5.41, 5.74) is 1.15. The summed E-state index contributed by atoms with van der Waals surface area (Å²) in [7, 11) is 0. The van der Waals surface area contributed by atoms with E-state index in [0.29, 0.717) is 12.5 Å². The van der Waals surface area contributed by atoms with Crippen molar-refractivity contribution in [1.82, 2.24) is 0 Å². The van der Waals surface area contributed by atoms with Crippen LogP contribution in [-0.4, -0.2) is 12.5 Å². The van der Waals surface area contributed by atoms with Gasteiger partial charge in [-0.2, -0.15) is 0 Å². The molecule has 0 amide bonds. The summed E-state index contributed by atoms with van der Waals surface area (Å²) in [4.78, 5) is 0. The van der Waals surface area contributed by atoms with Crippen LogP contribution < -0.4 is 4.74 Å². The number of aryl methyl sites for hydroxylation is 1. The van der Waals surface area contributed by atoms with Crippen molar-refractivity contribution in [3.8, 4) is 5.75 Å². The van der Waals surface area contributed by atoms with Gasteiger partial charge in [-0.15, -0.1) is 11.6 Å². The fraction of sp³-hybridized carbons (Fsp3) is 0.333. The zero-order valence-electron chi connectivity index (χ0n) is 6.43. The first-order chi connectivity index (χ1) is 5.33. The van der Waals surface area contributed by atoms with E-state index in [2.05, 4.69) is 6.07 Å². The number of benzene rings is 1. The molecule has 0 aliphatic rings. The molecule has 1 rings (SSSR count). The summed E-state index contributed by atoms with van der Waals surface area (Å²) >= 11 is 5.46. The molecule has 0 N–H and O–H groups in total. The molecular formula is C9H10ClO. The third-order valence-corrected chi connectivity index (χ3v) is 1.41. The molecule has 0 aliphatic heterocycles. The Hall–Kier alpha value is -0.690. The molecule has 0 unspecified atom stereocenters. The third-order valence-electron chi connectivity index (χ3n) is 1.25. The summed E-state index contributed by atoms with van der Waals surface area (Å²) in [6.45, 7) is 2.56. The molecular weight excluding hydrogens is 160 g/mol. The van der Waals surface area contributed by atoms with E-state index in [-0.39, 0.29) is 0 Å². The molecule has 2 heteroatoms. The van der Waals surface area contributed by atoms with Gasteiger partial charge in [0.25, 0.3) is 0 Å². The van der Waals surface area contributed by atoms with Crippen LogP contribution in [0.2, 0.25) is 0 Å². The summed E-state index contributed by atoms with van der Waals surface area (Å²) in [5.74, 6) is 1.36. The predicted octanol–water partition coefficient (Wildman–Crippen LogP) is 2.41. The molecule has 0 atom stereocenters. The highest BCUT2D eigenvalue weighted by Crippen LogP contribution is 2.11. The molecule has 1 aromatic rings. The second-order valence-electron chi connectivity index (χ2n) is 2.28. The van der Waals surface area contributed by atoms with Crippen LogP contribution in [0.4, 0.5) is 0 Å². The molecule has 59 valence electrons. The fourth-order valence-corrected chi connectivity index (χ4v) is 0.880. The van der Waals surface area contributed by atoms with Gasteiger partial charge in [0.15, 0.2) is 0 Å². The molecule has 0 fully saturated rings. The lowest BCUT2D eigenvalue weighted by molar-refractivity contribution is 0.342. The van der Waals surface area contributed by atoms with Gasteiger partial charge in [0.05, 0.1) is 5.88 Å². The molecule has 0 aliphatic carbocycles. The average Bonchev–Trinajstić information content (AvgIpc) is 2.01. The normalized spacial score (nSPS) is 9.64. The number of ether oxygens (including phenoxy) is 1. The van der Waals surface area contributed by atoms with Crippen molar-refractivity contribution in [3.05, 3.63) is 29.8 Å². The van der Waals surface area contributed by atoms with Gasteiger partial charge in [0, 0.05) is 0 Å². The van der Waals surface area contributed by atoms with Crippen molar-refractivity contribution in [2.24, 2.45) is 0 Å². The van der Waals surface area contributed by atoms with Crippen molar-refractivity contribution < 1.29 is 4.74 Å². The minimum Gasteiger partial charge on any atom is -0.492 e. The first kappa shape index (κ1) is 8.41. The number of halogens is 1. The fourth-order valence-electron chi connectivity index (χ4n) is 0.803. The summed E-state index contributed by atoms with van der Waals surface area (Å²) in [6.07, 6.45) is 0. The van der Waals surface area contributed by atoms with Gasteiger partial charge in [-0.25, -0.2) is 0 Å². The highest BCUT2D eigenvalue weighted by atomic mass is 35.5. The smallest absolute Gasteiger partial charge is 0.120 e. The Morgan fingerprint density at radius 3 is 3.00 bits per heavy atom. The van der Waals surface area contributed by atoms with Crippen molar-refractivity contribution in [1.29, 1.82) is 0 Å². The Morgan fingerprint density at radius 1 is 1.55 bits per heavy atom. The van der Waals surface area contributed by atoms with Crippen molar-refractivity contribution in [2.45, 2.75) is 6.92 Å². The highest BCUT2D eigenvalue weighted by molar-refractivity contribution is 6.17. The van der Waals surface area contributed by atoms with Crippen LogP contribution in [0.1, 0.15) is 5.56 Å². The standard InChI is InChI=1S/C9H10ClO/c1-8-3-2-4-9(7-8)11-6-5-10/h3-4,7H,5-6H2,1H3. The maximum Gasteiger partial charge on any atom is 0.120 e. The number of hydrogen-bond acceptors (Lipinski definition) is 1. The Morgan fingerprint density at radius 2 is 2.36 bits per heavy atom. The van der Waals surface area contributed by atoms with Crippen LogP contribution in [0, 0.1) is 13.0 Å². The summed E-state index contributed by atoms with van der Waals surface area (Å²) < 4.78 is 5.27. The van der Waals surface area contributed by atoms with Gasteiger partial charge in [-0.1, -0.05) is 6.07 Å². The van der Waals surface area contributed by atoms with Crippen LogP contribution in [0.5, 0.6) is 5.75 Å². The van der Waals surface area contributed by atoms with Crippen LogP contribution in [-0.2, 0) is 0 Å². The molecule has 0 saturated heterocycles. The van der Waals surface area contributed by atoms with Crippen LogP contribution in [0.25, 0.3) is 0 Å². The third kappa shape index (κ3) is 2.81. The minimum atomic E-state index is 0.522. The molecule has 0 bridgehead atoms. The zero-order chi connectivity index (χ0) is 8.10. The molecule has 0 saturated carbocycles. The van der Waals surface area contributed by atoms with E-state index in [1.807, 2.05) is 19.1 Å². The molecule has 0 aromatic heterocycles. The maximum atomic E-state index is 5.46. The van der Waals surface area contributed by atoms with E-state index in [0.717, 1.165) is 11.3 Å². The molecule has 1 aromatic carbocycles. The minimum absolute atomic E-state index is 0.522. The topological polar surface area (TPSA) is 9.23 Å². The van der Waals surface area contributed by atoms with E-state index >= 15 is 0 Å². The predicted molar refractivity (Wildman–Crippen MR) is 46.2 cm³/mol. The Balaban J connectivity index is 2.56. The number of alkyl halides is 1. The SMILES string of the molecule is Cc1c[c]cc(OCCCl)c1. The van der Waals surface area contributed by atoms with Gasteiger partial charge >= 0.3 is 0 Å². The summed E-state index contributed by atoms with van der Waals surface area (Å²) in [6, 6.07) is 8.65. The van der Waals surface area contributed by atoms with Crippen LogP contribution in [0.3, 0.4) is 0 Å². The molecule has 0 spiro atoms. The van der Waals surface area contributed by atoms with E-state index < -0.39 is 0 Å². The van der Waals surface area contributed by atoms with Gasteiger partial charge in [0.2, 0.25) is 0 Å². The number of rotatable bonds is 3. The van der Waals surface area contributed by atoms with Gasteiger partial charge < -0.3 is 4.74 Å². The molecule has 11 heavy (non-hydrogen) atoms. The maximum absolute atomic E-state index is 5.46. The van der Waals surface area contributed by atoms with Crippen LogP contribution >= 0.6 is 11.6 Å². The summed E-state index contributed by atoms with van der Waals surface area (Å²) in [5, 5.41) is 0. The van der Waals surface area contributed by atoms with Crippen LogP contribution in [0.15, 0.2) is 18.2 Å². The lowest BCUT2D eigenvalue weighted by Crippen LogP contribution is -1.97. The van der Waals surface area contributed by atoms with Crippen molar-refractivity contribution in [2.75, 3.05) is 12.5 Å². The molecule has 1 radical (unpaired) electrons. The van der Waals surface area contributed by atoms with E-state index in [9.17, 15) is 0 Å². The lowest BCUT2D eigenvalue weighted by atomic mass is 10.2. The molecule has 1 nitrogen and oxygen atoms in total. The molecule has 0 heterocycles. The highest BCUT2D eigenvalue weighted by Gasteiger charge is 1.91. The largest absolute Gasteiger partial charge is 0.492 e. The Bertz CT molecular complexity index is 223. The zero-order valence-corrected chi connectivity index (χ0v) is 7.19. The number of hydrogen-bond donors (Lipinski definition) is 0. The quantitative estimate of drug-likeness (QED) is 0.632. The van der Waals surface area contributed by atoms with E-state index in [1.165, 1.54) is 0 Å². The van der Waals surface area contributed by atoms with Gasteiger partial charge in [-0.3, -0.25) is 0 Å². The lowest BCUT2D eigenvalue weighted by Gasteiger charge is -2.02. The second-order valence-corrected chi connectivity index (χ2v) is 2.66.